The number of benzene rings is 7. The second-order valence-electron chi connectivity index (χ2n) is 13.7. The summed E-state index contributed by atoms with van der Waals surface area (Å²) in [5, 5.41) is 2.93. The summed E-state index contributed by atoms with van der Waals surface area (Å²) < 4.78 is 8.90. The van der Waals surface area contributed by atoms with Crippen LogP contribution in [0.3, 0.4) is 0 Å². The monoisotopic (exact) mass is 700 g/mol. The van der Waals surface area contributed by atoms with Gasteiger partial charge >= 0.3 is 0 Å². The molecule has 0 amide bonds. The highest BCUT2D eigenvalue weighted by Gasteiger charge is 2.27. The molecule has 0 N–H and O–H groups in total. The molecule has 0 saturated heterocycles. The summed E-state index contributed by atoms with van der Waals surface area (Å²) in [6.07, 6.45) is 0. The van der Waals surface area contributed by atoms with E-state index < -0.39 is 0 Å². The first-order valence-corrected chi connectivity index (χ1v) is 18.0. The highest BCUT2D eigenvalue weighted by atomic mass is 16.3. The molecule has 246 valence electrons. The molecule has 0 atom stereocenters. The average Bonchev–Trinajstić information content (AvgIpc) is 3.79. The van der Waals surface area contributed by atoms with Gasteiger partial charge in [-0.3, -0.25) is 0 Å². The Balaban J connectivity index is 1.34. The van der Waals surface area contributed by atoms with Gasteiger partial charge in [-0.2, -0.15) is 0 Å². The van der Waals surface area contributed by atoms with E-state index in [2.05, 4.69) is 41.0 Å². The van der Waals surface area contributed by atoms with E-state index in [4.69, 9.17) is 66.4 Å². The molecule has 10 rings (SSSR count). The van der Waals surface area contributed by atoms with Crippen molar-refractivity contribution >= 4 is 124 Å². The lowest BCUT2D eigenvalue weighted by atomic mass is 9.67. The van der Waals surface area contributed by atoms with Crippen molar-refractivity contribution in [3.05, 3.63) is 133 Å². The van der Waals surface area contributed by atoms with E-state index in [-0.39, 0.29) is 44.2 Å². The van der Waals surface area contributed by atoms with Crippen LogP contribution in [0, 0.1) is 0 Å². The van der Waals surface area contributed by atoms with Crippen LogP contribution in [0.5, 0.6) is 0 Å². The van der Waals surface area contributed by atoms with Gasteiger partial charge in [0, 0.05) is 38.2 Å². The highest BCUT2D eigenvalue weighted by Crippen LogP contribution is 2.39. The Morgan fingerprint density at radius 3 is 1.57 bits per heavy atom. The van der Waals surface area contributed by atoms with E-state index in [9.17, 15) is 0 Å². The second-order valence-corrected chi connectivity index (χ2v) is 13.7. The van der Waals surface area contributed by atoms with Gasteiger partial charge in [0.2, 0.25) is 0 Å². The molecule has 11 heteroatoms. The summed E-state index contributed by atoms with van der Waals surface area (Å²) in [5.41, 5.74) is 7.87. The van der Waals surface area contributed by atoms with Crippen molar-refractivity contribution in [2.75, 3.05) is 0 Å². The molecule has 0 unspecified atom stereocenters. The third-order valence-corrected chi connectivity index (χ3v) is 10.5. The van der Waals surface area contributed by atoms with Crippen molar-refractivity contribution in [3.8, 4) is 51.0 Å². The van der Waals surface area contributed by atoms with E-state index in [0.29, 0.717) is 39.3 Å². The van der Waals surface area contributed by atoms with E-state index in [0.717, 1.165) is 44.1 Å². The van der Waals surface area contributed by atoms with Gasteiger partial charge in [0.1, 0.15) is 52.7 Å². The van der Waals surface area contributed by atoms with Crippen LogP contribution in [0.2, 0.25) is 0 Å². The topological polar surface area (TPSA) is 56.7 Å². The number of rotatable bonds is 5. The molecule has 0 aliphatic heterocycles. The lowest BCUT2D eigenvalue weighted by molar-refractivity contribution is 0.670. The Morgan fingerprint density at radius 2 is 0.929 bits per heavy atom. The number of aromatic nitrogens is 4. The van der Waals surface area contributed by atoms with Crippen molar-refractivity contribution in [1.82, 2.24) is 19.5 Å². The van der Waals surface area contributed by atoms with Gasteiger partial charge in [-0.1, -0.05) is 143 Å². The van der Waals surface area contributed by atoms with Gasteiger partial charge < -0.3 is 8.98 Å². The molecule has 3 heterocycles. The standard InChI is InChI=1S/C45H22B6N4O/c46-34-32-31-33(45-53-43(24-14-6-2-7-15-24)52-44(54-45)25-16-8-3-9-17-25)35(47)37(49)39(51)41(31)56-42(32)40(38(50)36(34)48)55-29-19-11-10-18-27(29)28-21-20-26(22-30(28)55)23-12-4-1-5-13-23/h1-22H. The SMILES string of the molecule is [B]c1c([B])c(-c2nc(-c3ccccc3)nc(-c3ccccc3)n2)c2c(oc3c(-n4c5ccccc5c5ccc(-c6ccccc6)cc54)c([B])c([B])c([B])c32)c1[B]. The number of nitrogens with zero attached hydrogens (tertiary/aromatic N) is 4. The lowest BCUT2D eigenvalue weighted by Crippen LogP contribution is -2.42. The number of hydrogen-bond donors (Lipinski definition) is 0. The zero-order chi connectivity index (χ0) is 38.2. The Bertz CT molecular complexity index is 3140. The predicted octanol–water partition coefficient (Wildman–Crippen LogP) is 4.30. The Kier molecular flexibility index (Phi) is 7.96. The number of hydrogen-bond acceptors (Lipinski definition) is 4. The third-order valence-electron chi connectivity index (χ3n) is 10.5. The molecule has 10 aromatic rings. The molecule has 0 saturated carbocycles. The normalized spacial score (nSPS) is 11.6. The molecule has 56 heavy (non-hydrogen) atoms. The van der Waals surface area contributed by atoms with Gasteiger partial charge in [0.25, 0.3) is 0 Å². The molecule has 0 spiro atoms. The van der Waals surface area contributed by atoms with Crippen LogP contribution in [-0.2, 0) is 0 Å². The summed E-state index contributed by atoms with van der Waals surface area (Å²) in [6.45, 7) is 0. The van der Waals surface area contributed by atoms with Crippen molar-refractivity contribution in [1.29, 1.82) is 0 Å². The fraction of sp³-hybridized carbons (Fsp3) is 0. The summed E-state index contributed by atoms with van der Waals surface area (Å²) in [7, 11) is 41.2. The first-order valence-electron chi connectivity index (χ1n) is 18.0. The maximum Gasteiger partial charge on any atom is 0.164 e. The van der Waals surface area contributed by atoms with Crippen molar-refractivity contribution < 1.29 is 4.42 Å². The molecule has 12 radical (unpaired) electrons. The first-order chi connectivity index (χ1) is 27.3. The molecule has 5 nitrogen and oxygen atoms in total. The van der Waals surface area contributed by atoms with Crippen LogP contribution in [0.1, 0.15) is 0 Å². The zero-order valence-electron chi connectivity index (χ0n) is 29.9. The van der Waals surface area contributed by atoms with Gasteiger partial charge in [0.05, 0.1) is 16.7 Å². The van der Waals surface area contributed by atoms with Crippen LogP contribution in [0.25, 0.3) is 94.7 Å². The van der Waals surface area contributed by atoms with Crippen LogP contribution in [0.4, 0.5) is 0 Å². The minimum atomic E-state index is 0.111. The van der Waals surface area contributed by atoms with Gasteiger partial charge in [-0.05, 0) is 23.3 Å². The Morgan fingerprint density at radius 1 is 0.393 bits per heavy atom. The van der Waals surface area contributed by atoms with Crippen molar-refractivity contribution in [3.63, 3.8) is 0 Å². The Labute approximate surface area is 330 Å². The molecule has 0 aliphatic carbocycles. The van der Waals surface area contributed by atoms with E-state index >= 15 is 0 Å². The summed E-state index contributed by atoms with van der Waals surface area (Å²) in [6, 6.07) is 43.9. The highest BCUT2D eigenvalue weighted by molar-refractivity contribution is 6.65. The number of furan rings is 1. The minimum Gasteiger partial charge on any atom is -0.455 e. The zero-order valence-corrected chi connectivity index (χ0v) is 29.9. The fourth-order valence-corrected chi connectivity index (χ4v) is 7.75. The second kappa shape index (κ2) is 13.1. The maximum atomic E-state index is 7.01. The molecule has 0 aliphatic rings. The van der Waals surface area contributed by atoms with Crippen LogP contribution >= 0.6 is 0 Å². The summed E-state index contributed by atoms with van der Waals surface area (Å²) in [5.74, 6) is 1.11. The largest absolute Gasteiger partial charge is 0.455 e. The molecule has 0 fully saturated rings. The molecular formula is C45H22B6N4O. The van der Waals surface area contributed by atoms with Crippen molar-refractivity contribution in [2.45, 2.75) is 0 Å². The van der Waals surface area contributed by atoms with Gasteiger partial charge in [0.15, 0.2) is 23.1 Å². The average molecular weight is 700 g/mol. The quantitative estimate of drug-likeness (QED) is 0.252. The van der Waals surface area contributed by atoms with Crippen LogP contribution in [-0.4, -0.2) is 66.6 Å². The Hall–Kier alpha value is -6.46. The summed E-state index contributed by atoms with van der Waals surface area (Å²) in [4.78, 5) is 14.8. The fourth-order valence-electron chi connectivity index (χ4n) is 7.75. The number of para-hydroxylation sites is 1. The molecular weight excluding hydrogens is 677 g/mol. The predicted molar refractivity (Wildman–Crippen MR) is 236 cm³/mol. The lowest BCUT2D eigenvalue weighted by Gasteiger charge is -2.19. The van der Waals surface area contributed by atoms with Crippen LogP contribution < -0.4 is 32.8 Å². The van der Waals surface area contributed by atoms with Crippen LogP contribution in [0.15, 0.2) is 138 Å². The maximum absolute atomic E-state index is 7.01. The van der Waals surface area contributed by atoms with Gasteiger partial charge in [-0.25, -0.2) is 15.0 Å². The smallest absolute Gasteiger partial charge is 0.164 e. The van der Waals surface area contributed by atoms with E-state index in [1.807, 2.05) is 97.1 Å². The number of fused-ring (bicyclic) bond motifs is 6. The first kappa shape index (κ1) is 34.1. The van der Waals surface area contributed by atoms with Crippen molar-refractivity contribution in [2.24, 2.45) is 0 Å². The molecule has 0 bridgehead atoms. The van der Waals surface area contributed by atoms with Gasteiger partial charge in [-0.15, -0.1) is 10.9 Å². The van der Waals surface area contributed by atoms with E-state index in [1.54, 1.807) is 0 Å². The van der Waals surface area contributed by atoms with E-state index in [1.165, 1.54) is 0 Å². The minimum absolute atomic E-state index is 0.111. The molecule has 3 aromatic heterocycles. The third kappa shape index (κ3) is 5.14. The summed E-state index contributed by atoms with van der Waals surface area (Å²) >= 11 is 0. The molecule has 7 aromatic carbocycles.